The predicted octanol–water partition coefficient (Wildman–Crippen LogP) is 3.42. The summed E-state index contributed by atoms with van der Waals surface area (Å²) in [6, 6.07) is 0. The maximum atomic E-state index is 11.1. The van der Waals surface area contributed by atoms with Gasteiger partial charge < -0.3 is 4.74 Å². The fourth-order valence-corrected chi connectivity index (χ4v) is 3.00. The van der Waals surface area contributed by atoms with Crippen molar-refractivity contribution in [2.45, 2.75) is 47.0 Å². The van der Waals surface area contributed by atoms with Crippen LogP contribution in [0.25, 0.3) is 0 Å². The normalized spacial score (nSPS) is 14.9. The molecule has 0 saturated heterocycles. The molecule has 0 N–H and O–H groups in total. The molecule has 0 heterocycles. The number of ether oxygens (including phenoxy) is 1. The number of unbranched alkanes of at least 4 members (excludes halogenated alkanes) is 2. The zero-order valence-electron chi connectivity index (χ0n) is 11.3. The second-order valence-corrected chi connectivity index (χ2v) is 8.37. The third-order valence-electron chi connectivity index (χ3n) is 2.84. The molecular formula is C12H25ClO3S. The van der Waals surface area contributed by atoms with E-state index in [9.17, 15) is 8.42 Å². The summed E-state index contributed by atoms with van der Waals surface area (Å²) in [6.07, 6.45) is 3.33. The van der Waals surface area contributed by atoms with Crippen LogP contribution in [-0.2, 0) is 13.8 Å². The second kappa shape index (κ2) is 7.59. The molecular weight excluding hydrogens is 260 g/mol. The van der Waals surface area contributed by atoms with Crippen molar-refractivity contribution in [1.82, 2.24) is 0 Å². The quantitative estimate of drug-likeness (QED) is 0.507. The van der Waals surface area contributed by atoms with Crippen LogP contribution in [-0.4, -0.2) is 27.4 Å². The third kappa shape index (κ3) is 9.86. The number of hydrogen-bond acceptors (Lipinski definition) is 3. The van der Waals surface area contributed by atoms with Gasteiger partial charge in [0.1, 0.15) is 0 Å². The Hall–Kier alpha value is 0.200. The molecule has 1 atom stereocenters. The standard InChI is InChI=1S/C12H25ClO3S/c1-5-6-7-8-16-9-11(12(2,3)4)10-17(13,14)15/h11H,5-10H2,1-4H3. The second-order valence-electron chi connectivity index (χ2n) is 5.55. The lowest BCUT2D eigenvalue weighted by atomic mass is 9.82. The van der Waals surface area contributed by atoms with Crippen molar-refractivity contribution in [3.8, 4) is 0 Å². The molecule has 0 aliphatic rings. The molecule has 0 rings (SSSR count). The molecule has 0 aliphatic heterocycles. The minimum Gasteiger partial charge on any atom is -0.381 e. The van der Waals surface area contributed by atoms with E-state index in [1.165, 1.54) is 0 Å². The average molecular weight is 285 g/mol. The summed E-state index contributed by atoms with van der Waals surface area (Å²) in [5.74, 6) is -0.0853. The van der Waals surface area contributed by atoms with Crippen LogP contribution in [0.15, 0.2) is 0 Å². The summed E-state index contributed by atoms with van der Waals surface area (Å²) in [7, 11) is 1.85. The first-order valence-electron chi connectivity index (χ1n) is 6.17. The molecule has 0 fully saturated rings. The van der Waals surface area contributed by atoms with Crippen molar-refractivity contribution in [2.24, 2.45) is 11.3 Å². The van der Waals surface area contributed by atoms with Crippen molar-refractivity contribution in [2.75, 3.05) is 19.0 Å². The Morgan fingerprint density at radius 2 is 1.82 bits per heavy atom. The van der Waals surface area contributed by atoms with E-state index in [0.29, 0.717) is 13.2 Å². The highest BCUT2D eigenvalue weighted by Crippen LogP contribution is 2.28. The van der Waals surface area contributed by atoms with Crippen molar-refractivity contribution < 1.29 is 13.2 Å². The van der Waals surface area contributed by atoms with Crippen LogP contribution in [0.1, 0.15) is 47.0 Å². The maximum Gasteiger partial charge on any atom is 0.232 e. The molecule has 0 aromatic carbocycles. The lowest BCUT2D eigenvalue weighted by molar-refractivity contribution is 0.0634. The summed E-state index contributed by atoms with van der Waals surface area (Å²) in [5.41, 5.74) is -0.118. The molecule has 0 aromatic rings. The average Bonchev–Trinajstić information content (AvgIpc) is 2.12. The Bertz CT molecular complexity index is 293. The van der Waals surface area contributed by atoms with E-state index in [2.05, 4.69) is 6.92 Å². The molecule has 17 heavy (non-hydrogen) atoms. The molecule has 1 unspecified atom stereocenters. The molecule has 0 saturated carbocycles. The Morgan fingerprint density at radius 1 is 1.24 bits per heavy atom. The Morgan fingerprint density at radius 3 is 2.24 bits per heavy atom. The van der Waals surface area contributed by atoms with Crippen LogP contribution in [0.4, 0.5) is 0 Å². The van der Waals surface area contributed by atoms with Crippen LogP contribution < -0.4 is 0 Å². The Kier molecular flexibility index (Phi) is 7.68. The van der Waals surface area contributed by atoms with Gasteiger partial charge in [-0.2, -0.15) is 0 Å². The van der Waals surface area contributed by atoms with Crippen molar-refractivity contribution in [3.63, 3.8) is 0 Å². The molecule has 0 aromatic heterocycles. The molecule has 3 nitrogen and oxygen atoms in total. The van der Waals surface area contributed by atoms with Crippen LogP contribution in [0.2, 0.25) is 0 Å². The van der Waals surface area contributed by atoms with Gasteiger partial charge in [0.15, 0.2) is 0 Å². The third-order valence-corrected chi connectivity index (χ3v) is 4.01. The first-order valence-corrected chi connectivity index (χ1v) is 8.64. The largest absolute Gasteiger partial charge is 0.381 e. The summed E-state index contributed by atoms with van der Waals surface area (Å²) < 4.78 is 27.8. The zero-order chi connectivity index (χ0) is 13.5. The lowest BCUT2D eigenvalue weighted by Gasteiger charge is -2.29. The fraction of sp³-hybridized carbons (Fsp3) is 1.00. The smallest absolute Gasteiger partial charge is 0.232 e. The molecule has 0 spiro atoms. The topological polar surface area (TPSA) is 43.4 Å². The Balaban J connectivity index is 4.14. The molecule has 5 heteroatoms. The van der Waals surface area contributed by atoms with Gasteiger partial charge in [0.25, 0.3) is 0 Å². The molecule has 0 bridgehead atoms. The minimum atomic E-state index is -3.46. The SMILES string of the molecule is CCCCCOCC(CS(=O)(=O)Cl)C(C)(C)C. The Labute approximate surface area is 110 Å². The first kappa shape index (κ1) is 17.2. The maximum absolute atomic E-state index is 11.1. The van der Waals surface area contributed by atoms with Gasteiger partial charge in [0.05, 0.1) is 12.4 Å². The van der Waals surface area contributed by atoms with Gasteiger partial charge in [-0.15, -0.1) is 0 Å². The number of hydrogen-bond donors (Lipinski definition) is 0. The van der Waals surface area contributed by atoms with Gasteiger partial charge in [-0.25, -0.2) is 8.42 Å². The predicted molar refractivity (Wildman–Crippen MR) is 72.9 cm³/mol. The van der Waals surface area contributed by atoms with Gasteiger partial charge in [0, 0.05) is 23.2 Å². The van der Waals surface area contributed by atoms with Gasteiger partial charge in [-0.3, -0.25) is 0 Å². The molecule has 104 valence electrons. The van der Waals surface area contributed by atoms with Crippen LogP contribution in [0.5, 0.6) is 0 Å². The highest BCUT2D eigenvalue weighted by atomic mass is 35.7. The number of rotatable bonds is 8. The first-order chi connectivity index (χ1) is 7.67. The van der Waals surface area contributed by atoms with E-state index in [1.807, 2.05) is 20.8 Å². The van der Waals surface area contributed by atoms with Gasteiger partial charge in [-0.1, -0.05) is 40.5 Å². The van der Waals surface area contributed by atoms with E-state index < -0.39 is 9.05 Å². The van der Waals surface area contributed by atoms with Crippen molar-refractivity contribution >= 4 is 19.7 Å². The van der Waals surface area contributed by atoms with Gasteiger partial charge in [-0.05, 0) is 11.8 Å². The zero-order valence-corrected chi connectivity index (χ0v) is 12.9. The van der Waals surface area contributed by atoms with Crippen LogP contribution in [0.3, 0.4) is 0 Å². The lowest BCUT2D eigenvalue weighted by Crippen LogP contribution is -2.30. The monoisotopic (exact) mass is 284 g/mol. The number of halogens is 1. The summed E-state index contributed by atoms with van der Waals surface area (Å²) in [4.78, 5) is 0. The van der Waals surface area contributed by atoms with E-state index in [-0.39, 0.29) is 17.1 Å². The highest BCUT2D eigenvalue weighted by molar-refractivity contribution is 8.13. The molecule has 0 aliphatic carbocycles. The van der Waals surface area contributed by atoms with E-state index in [0.717, 1.165) is 19.3 Å². The van der Waals surface area contributed by atoms with Gasteiger partial charge >= 0.3 is 0 Å². The summed E-state index contributed by atoms with van der Waals surface area (Å²) in [5, 5.41) is 0. The van der Waals surface area contributed by atoms with Crippen LogP contribution in [0, 0.1) is 11.3 Å². The van der Waals surface area contributed by atoms with Crippen molar-refractivity contribution in [3.05, 3.63) is 0 Å². The van der Waals surface area contributed by atoms with E-state index in [4.69, 9.17) is 15.4 Å². The van der Waals surface area contributed by atoms with E-state index in [1.54, 1.807) is 0 Å². The summed E-state index contributed by atoms with van der Waals surface area (Å²) >= 11 is 0. The van der Waals surface area contributed by atoms with Crippen molar-refractivity contribution in [1.29, 1.82) is 0 Å². The van der Waals surface area contributed by atoms with Gasteiger partial charge in [0.2, 0.25) is 9.05 Å². The molecule has 0 amide bonds. The van der Waals surface area contributed by atoms with E-state index >= 15 is 0 Å². The van der Waals surface area contributed by atoms with Crippen LogP contribution >= 0.6 is 10.7 Å². The fourth-order valence-electron chi connectivity index (χ4n) is 1.47. The summed E-state index contributed by atoms with van der Waals surface area (Å²) in [6.45, 7) is 9.32. The molecule has 0 radical (unpaired) electrons. The highest BCUT2D eigenvalue weighted by Gasteiger charge is 2.29. The minimum absolute atomic E-state index is 0.0220.